The van der Waals surface area contributed by atoms with Gasteiger partial charge >= 0.3 is 0 Å². The zero-order valence-electron chi connectivity index (χ0n) is 16.4. The van der Waals surface area contributed by atoms with Crippen molar-refractivity contribution in [3.63, 3.8) is 0 Å². The Labute approximate surface area is 161 Å². The molecule has 2 aliphatic rings. The van der Waals surface area contributed by atoms with Gasteiger partial charge in [-0.3, -0.25) is 4.79 Å². The minimum Gasteiger partial charge on any atom is -0.354 e. The van der Waals surface area contributed by atoms with E-state index in [0.717, 1.165) is 38.5 Å². The molecule has 3 rings (SSSR count). The van der Waals surface area contributed by atoms with E-state index >= 15 is 0 Å². The summed E-state index contributed by atoms with van der Waals surface area (Å²) in [5.41, 5.74) is 0.349. The van der Waals surface area contributed by atoms with Gasteiger partial charge in [-0.2, -0.15) is 0 Å². The Morgan fingerprint density at radius 2 is 1.93 bits per heavy atom. The third-order valence-corrected chi connectivity index (χ3v) is 7.19. The number of aryl methyl sites for hydroxylation is 1. The van der Waals surface area contributed by atoms with E-state index in [4.69, 9.17) is 0 Å². The van der Waals surface area contributed by atoms with Crippen LogP contribution in [0, 0.1) is 6.92 Å². The van der Waals surface area contributed by atoms with E-state index in [0.29, 0.717) is 24.5 Å². The van der Waals surface area contributed by atoms with Crippen LogP contribution < -0.4 is 4.90 Å². The molecule has 0 aliphatic carbocycles. The lowest BCUT2D eigenvalue weighted by Crippen LogP contribution is -2.46. The maximum absolute atomic E-state index is 13.1. The van der Waals surface area contributed by atoms with E-state index in [-0.39, 0.29) is 23.5 Å². The quantitative estimate of drug-likeness (QED) is 0.721. The van der Waals surface area contributed by atoms with Crippen LogP contribution in [-0.4, -0.2) is 90.9 Å². The molecule has 0 bridgehead atoms. The normalized spacial score (nSPS) is 22.8. The highest BCUT2D eigenvalue weighted by molar-refractivity contribution is 7.91. The van der Waals surface area contributed by atoms with Gasteiger partial charge in [0.2, 0.25) is 0 Å². The van der Waals surface area contributed by atoms with Gasteiger partial charge < -0.3 is 14.7 Å². The van der Waals surface area contributed by atoms with E-state index < -0.39 is 9.84 Å². The molecule has 8 nitrogen and oxygen atoms in total. The third kappa shape index (κ3) is 4.57. The number of nitrogens with zero attached hydrogens (tertiary/aromatic N) is 5. The van der Waals surface area contributed by atoms with Gasteiger partial charge in [-0.1, -0.05) is 6.92 Å². The van der Waals surface area contributed by atoms with Gasteiger partial charge in [0.25, 0.3) is 5.91 Å². The van der Waals surface area contributed by atoms with E-state index in [9.17, 15) is 13.2 Å². The minimum absolute atomic E-state index is 0.0441. The van der Waals surface area contributed by atoms with Crippen LogP contribution in [0.3, 0.4) is 0 Å². The maximum atomic E-state index is 13.1. The van der Waals surface area contributed by atoms with Crippen LogP contribution in [0.1, 0.15) is 36.6 Å². The summed E-state index contributed by atoms with van der Waals surface area (Å²) < 4.78 is 23.6. The number of carbonyl (C=O) groups excluding carboxylic acids is 1. The van der Waals surface area contributed by atoms with Crippen molar-refractivity contribution in [3.05, 3.63) is 17.6 Å². The van der Waals surface area contributed by atoms with Crippen LogP contribution in [0.15, 0.2) is 6.07 Å². The lowest BCUT2D eigenvalue weighted by molar-refractivity contribution is 0.0702. The Morgan fingerprint density at radius 3 is 2.48 bits per heavy atom. The first-order valence-electron chi connectivity index (χ1n) is 9.67. The van der Waals surface area contributed by atoms with Gasteiger partial charge in [0.1, 0.15) is 17.3 Å². The highest BCUT2D eigenvalue weighted by Crippen LogP contribution is 2.21. The average Bonchev–Trinajstić information content (AvgIpc) is 3.01. The molecule has 0 N–H and O–H groups in total. The smallest absolute Gasteiger partial charge is 0.272 e. The van der Waals surface area contributed by atoms with Crippen LogP contribution in [-0.2, 0) is 9.84 Å². The van der Waals surface area contributed by atoms with Crippen molar-refractivity contribution >= 4 is 21.6 Å². The summed E-state index contributed by atoms with van der Waals surface area (Å²) in [6, 6.07) is 1.49. The molecule has 3 heterocycles. The van der Waals surface area contributed by atoms with Crippen LogP contribution in [0.5, 0.6) is 0 Å². The number of likely N-dealkylation sites (N-methyl/N-ethyl adjacent to an activating group) is 1. The number of hydrogen-bond donors (Lipinski definition) is 0. The van der Waals surface area contributed by atoms with Crippen molar-refractivity contribution in [1.29, 1.82) is 0 Å². The highest BCUT2D eigenvalue weighted by Gasteiger charge is 2.35. The number of sulfone groups is 1. The molecular weight excluding hydrogens is 366 g/mol. The molecule has 1 atom stereocenters. The number of hydrogen-bond acceptors (Lipinski definition) is 7. The lowest BCUT2D eigenvalue weighted by atomic mass is 10.2. The molecule has 0 spiro atoms. The Kier molecular flexibility index (Phi) is 6.00. The summed E-state index contributed by atoms with van der Waals surface area (Å²) in [4.78, 5) is 28.2. The zero-order chi connectivity index (χ0) is 19.6. The molecule has 2 fully saturated rings. The van der Waals surface area contributed by atoms with Crippen LogP contribution in [0.2, 0.25) is 0 Å². The predicted molar refractivity (Wildman–Crippen MR) is 105 cm³/mol. The van der Waals surface area contributed by atoms with Crippen molar-refractivity contribution in [3.8, 4) is 0 Å². The Morgan fingerprint density at radius 1 is 1.22 bits per heavy atom. The highest BCUT2D eigenvalue weighted by atomic mass is 32.2. The predicted octanol–water partition coefficient (Wildman–Crippen LogP) is 0.576. The first kappa shape index (κ1) is 20.0. The average molecular weight is 396 g/mol. The molecule has 0 saturated carbocycles. The number of anilines is 1. The molecule has 2 aliphatic heterocycles. The Hall–Kier alpha value is -1.74. The number of rotatable bonds is 5. The molecule has 9 heteroatoms. The first-order valence-corrected chi connectivity index (χ1v) is 11.5. The first-order chi connectivity index (χ1) is 12.8. The van der Waals surface area contributed by atoms with Gasteiger partial charge in [-0.15, -0.1) is 0 Å². The van der Waals surface area contributed by atoms with Gasteiger partial charge in [0.05, 0.1) is 11.5 Å². The van der Waals surface area contributed by atoms with Crippen LogP contribution in [0.4, 0.5) is 5.82 Å². The second-order valence-electron chi connectivity index (χ2n) is 7.23. The summed E-state index contributed by atoms with van der Waals surface area (Å²) in [6.07, 6.45) is 0.498. The summed E-state index contributed by atoms with van der Waals surface area (Å²) in [5.74, 6) is 1.32. The fraction of sp³-hybridized carbons (Fsp3) is 0.722. The summed E-state index contributed by atoms with van der Waals surface area (Å²) in [5, 5.41) is 0. The molecule has 1 aromatic rings. The Balaban J connectivity index is 1.79. The van der Waals surface area contributed by atoms with Crippen molar-refractivity contribution in [2.75, 3.05) is 55.7 Å². The SMILES string of the molecule is CCN1CCN(c2cc(C(=O)N(CC)C3CCS(=O)(=O)C3)nc(C)n2)CC1. The summed E-state index contributed by atoms with van der Waals surface area (Å²) in [6.45, 7) is 11.0. The number of carbonyl (C=O) groups is 1. The van der Waals surface area contributed by atoms with Crippen molar-refractivity contribution < 1.29 is 13.2 Å². The summed E-state index contributed by atoms with van der Waals surface area (Å²) in [7, 11) is -3.05. The van der Waals surface area contributed by atoms with Gasteiger partial charge in [0.15, 0.2) is 9.84 Å². The molecule has 27 heavy (non-hydrogen) atoms. The summed E-state index contributed by atoms with van der Waals surface area (Å²) >= 11 is 0. The molecule has 0 radical (unpaired) electrons. The van der Waals surface area contributed by atoms with E-state index in [1.807, 2.05) is 6.92 Å². The Bertz CT molecular complexity index is 790. The van der Waals surface area contributed by atoms with Gasteiger partial charge in [-0.05, 0) is 26.8 Å². The molecular formula is C18H29N5O3S. The maximum Gasteiger partial charge on any atom is 0.272 e. The minimum atomic E-state index is -3.05. The molecule has 1 amide bonds. The number of aromatic nitrogens is 2. The van der Waals surface area contributed by atoms with E-state index in [1.165, 1.54) is 0 Å². The van der Waals surface area contributed by atoms with Crippen molar-refractivity contribution in [1.82, 2.24) is 19.8 Å². The standard InChI is InChI=1S/C18H29N5O3S/c1-4-21-7-9-22(10-8-21)17-12-16(19-14(3)20-17)18(24)23(5-2)15-6-11-27(25,26)13-15/h12,15H,4-11,13H2,1-3H3. The fourth-order valence-corrected chi connectivity index (χ4v) is 5.58. The van der Waals surface area contributed by atoms with E-state index in [1.54, 1.807) is 17.9 Å². The second kappa shape index (κ2) is 8.10. The van der Waals surface area contributed by atoms with Gasteiger partial charge in [-0.25, -0.2) is 18.4 Å². The molecule has 1 unspecified atom stereocenters. The zero-order valence-corrected chi connectivity index (χ0v) is 17.2. The fourth-order valence-electron chi connectivity index (χ4n) is 3.85. The topological polar surface area (TPSA) is 86.7 Å². The van der Waals surface area contributed by atoms with Crippen molar-refractivity contribution in [2.24, 2.45) is 0 Å². The van der Waals surface area contributed by atoms with Crippen LogP contribution in [0.25, 0.3) is 0 Å². The monoisotopic (exact) mass is 395 g/mol. The lowest BCUT2D eigenvalue weighted by Gasteiger charge is -2.35. The van der Waals surface area contributed by atoms with Gasteiger partial charge in [0, 0.05) is 44.8 Å². The third-order valence-electron chi connectivity index (χ3n) is 5.44. The van der Waals surface area contributed by atoms with E-state index in [2.05, 4.69) is 26.7 Å². The van der Waals surface area contributed by atoms with Crippen molar-refractivity contribution in [2.45, 2.75) is 33.2 Å². The number of amides is 1. The largest absolute Gasteiger partial charge is 0.354 e. The number of piperazine rings is 1. The molecule has 0 aromatic carbocycles. The van der Waals surface area contributed by atoms with Crippen LogP contribution >= 0.6 is 0 Å². The molecule has 2 saturated heterocycles. The molecule has 150 valence electrons. The molecule has 1 aromatic heterocycles. The second-order valence-corrected chi connectivity index (χ2v) is 9.46.